The minimum atomic E-state index is 0.617. The van der Waals surface area contributed by atoms with Gasteiger partial charge in [-0.15, -0.1) is 0 Å². The molecule has 2 aromatic carbocycles. The van der Waals surface area contributed by atoms with E-state index in [-0.39, 0.29) is 0 Å². The molecule has 0 radical (unpaired) electrons. The van der Waals surface area contributed by atoms with Gasteiger partial charge in [0, 0.05) is 6.54 Å². The van der Waals surface area contributed by atoms with Crippen molar-refractivity contribution in [3.63, 3.8) is 0 Å². The van der Waals surface area contributed by atoms with Crippen LogP contribution in [0.3, 0.4) is 0 Å². The Balaban J connectivity index is 2.09. The molecule has 0 aliphatic carbocycles. The summed E-state index contributed by atoms with van der Waals surface area (Å²) in [5.74, 6) is 0.733. The zero-order valence-corrected chi connectivity index (χ0v) is 11.4. The summed E-state index contributed by atoms with van der Waals surface area (Å²) < 4.78 is 5.48. The number of nitrogens with one attached hydrogen (secondary N) is 1. The van der Waals surface area contributed by atoms with Crippen LogP contribution in [0.2, 0.25) is 0 Å². The van der Waals surface area contributed by atoms with Gasteiger partial charge < -0.3 is 15.8 Å². The maximum Gasteiger partial charge on any atom is 0.144 e. The Morgan fingerprint density at radius 3 is 2.68 bits per heavy atom. The van der Waals surface area contributed by atoms with Crippen LogP contribution >= 0.6 is 0 Å². The van der Waals surface area contributed by atoms with Crippen LogP contribution in [0.5, 0.6) is 5.75 Å². The molecule has 19 heavy (non-hydrogen) atoms. The fraction of sp³-hybridized carbons (Fsp3) is 0.250. The van der Waals surface area contributed by atoms with Gasteiger partial charge in [0.1, 0.15) is 5.75 Å². The van der Waals surface area contributed by atoms with Crippen molar-refractivity contribution in [3.05, 3.63) is 53.6 Å². The molecule has 2 rings (SSSR count). The molecule has 0 spiro atoms. The number of hydrogen-bond donors (Lipinski definition) is 2. The second-order valence-electron chi connectivity index (χ2n) is 4.49. The van der Waals surface area contributed by atoms with Crippen molar-refractivity contribution < 1.29 is 4.74 Å². The van der Waals surface area contributed by atoms with Gasteiger partial charge in [-0.25, -0.2) is 0 Å². The molecule has 0 aliphatic heterocycles. The second kappa shape index (κ2) is 6.14. The Labute approximate surface area is 114 Å². The molecule has 0 bridgehead atoms. The lowest BCUT2D eigenvalue weighted by Crippen LogP contribution is -2.04. The summed E-state index contributed by atoms with van der Waals surface area (Å²) in [5, 5.41) is 3.35. The van der Waals surface area contributed by atoms with Crippen LogP contribution in [0.1, 0.15) is 18.1 Å². The Kier molecular flexibility index (Phi) is 4.29. The number of anilines is 2. The lowest BCUT2D eigenvalue weighted by molar-refractivity contribution is 0.342. The third-order valence-corrected chi connectivity index (χ3v) is 2.93. The Morgan fingerprint density at radius 2 is 1.95 bits per heavy atom. The molecule has 2 aromatic rings. The van der Waals surface area contributed by atoms with Gasteiger partial charge in [-0.1, -0.05) is 35.9 Å². The molecule has 0 saturated heterocycles. The first-order valence-electron chi connectivity index (χ1n) is 6.51. The maximum absolute atomic E-state index is 6.08. The predicted octanol–water partition coefficient (Wildman–Crippen LogP) is 3.59. The van der Waals surface area contributed by atoms with Crippen LogP contribution in [-0.2, 0) is 6.54 Å². The number of ether oxygens (including phenoxy) is 1. The zero-order valence-electron chi connectivity index (χ0n) is 11.4. The van der Waals surface area contributed by atoms with E-state index in [0.717, 1.165) is 18.0 Å². The van der Waals surface area contributed by atoms with Crippen LogP contribution < -0.4 is 15.8 Å². The molecule has 0 unspecified atom stereocenters. The number of rotatable bonds is 5. The van der Waals surface area contributed by atoms with Gasteiger partial charge in [-0.3, -0.25) is 0 Å². The predicted molar refractivity (Wildman–Crippen MR) is 80.5 cm³/mol. The highest BCUT2D eigenvalue weighted by Gasteiger charge is 2.05. The molecule has 0 atom stereocenters. The van der Waals surface area contributed by atoms with Gasteiger partial charge in [0.05, 0.1) is 18.0 Å². The highest BCUT2D eigenvalue weighted by molar-refractivity contribution is 5.72. The third-order valence-electron chi connectivity index (χ3n) is 2.93. The van der Waals surface area contributed by atoms with E-state index in [9.17, 15) is 0 Å². The number of para-hydroxylation sites is 1. The fourth-order valence-electron chi connectivity index (χ4n) is 2.00. The number of aryl methyl sites for hydroxylation is 1. The summed E-state index contributed by atoms with van der Waals surface area (Å²) in [6.45, 7) is 5.41. The van der Waals surface area contributed by atoms with Gasteiger partial charge in [0.25, 0.3) is 0 Å². The SMILES string of the molecule is CCOc1cccc(NCc2cccc(C)c2)c1N. The molecule has 0 heterocycles. The Morgan fingerprint density at radius 1 is 1.16 bits per heavy atom. The van der Waals surface area contributed by atoms with E-state index in [0.29, 0.717) is 12.3 Å². The fourth-order valence-corrected chi connectivity index (χ4v) is 2.00. The molecule has 3 nitrogen and oxygen atoms in total. The normalized spacial score (nSPS) is 10.2. The van der Waals surface area contributed by atoms with Crippen molar-refractivity contribution in [2.24, 2.45) is 0 Å². The van der Waals surface area contributed by atoms with Gasteiger partial charge in [-0.2, -0.15) is 0 Å². The minimum Gasteiger partial charge on any atom is -0.492 e. The first-order chi connectivity index (χ1) is 9.20. The maximum atomic E-state index is 6.08. The Bertz CT molecular complexity index is 552. The first kappa shape index (κ1) is 13.3. The molecular weight excluding hydrogens is 236 g/mol. The summed E-state index contributed by atoms with van der Waals surface area (Å²) in [6.07, 6.45) is 0. The standard InChI is InChI=1S/C16H20N2O/c1-3-19-15-9-5-8-14(16(15)17)18-11-13-7-4-6-12(2)10-13/h4-10,18H,3,11,17H2,1-2H3. The van der Waals surface area contributed by atoms with Crippen LogP contribution in [0.15, 0.2) is 42.5 Å². The van der Waals surface area contributed by atoms with E-state index in [4.69, 9.17) is 10.5 Å². The summed E-state index contributed by atoms with van der Waals surface area (Å²) in [4.78, 5) is 0. The lowest BCUT2D eigenvalue weighted by Gasteiger charge is -2.13. The number of hydrogen-bond acceptors (Lipinski definition) is 3. The average molecular weight is 256 g/mol. The average Bonchev–Trinajstić information content (AvgIpc) is 2.40. The van der Waals surface area contributed by atoms with E-state index in [1.165, 1.54) is 11.1 Å². The lowest BCUT2D eigenvalue weighted by atomic mass is 10.1. The van der Waals surface area contributed by atoms with E-state index in [2.05, 4.69) is 36.5 Å². The van der Waals surface area contributed by atoms with Crippen LogP contribution in [-0.4, -0.2) is 6.61 Å². The van der Waals surface area contributed by atoms with Crippen molar-refractivity contribution >= 4 is 11.4 Å². The molecule has 3 heteroatoms. The summed E-state index contributed by atoms with van der Waals surface area (Å²) in [7, 11) is 0. The van der Waals surface area contributed by atoms with Crippen molar-refractivity contribution in [2.75, 3.05) is 17.7 Å². The molecule has 3 N–H and O–H groups in total. The van der Waals surface area contributed by atoms with Gasteiger partial charge >= 0.3 is 0 Å². The largest absolute Gasteiger partial charge is 0.492 e. The van der Waals surface area contributed by atoms with E-state index < -0.39 is 0 Å². The smallest absolute Gasteiger partial charge is 0.144 e. The molecule has 100 valence electrons. The van der Waals surface area contributed by atoms with Gasteiger partial charge in [-0.05, 0) is 31.5 Å². The third kappa shape index (κ3) is 3.41. The minimum absolute atomic E-state index is 0.617. The van der Waals surface area contributed by atoms with Gasteiger partial charge in [0.2, 0.25) is 0 Å². The molecule has 0 amide bonds. The van der Waals surface area contributed by atoms with Gasteiger partial charge in [0.15, 0.2) is 0 Å². The summed E-state index contributed by atoms with van der Waals surface area (Å²) >= 11 is 0. The first-order valence-corrected chi connectivity index (χ1v) is 6.51. The molecule has 0 aliphatic rings. The molecule has 0 saturated carbocycles. The topological polar surface area (TPSA) is 47.3 Å². The van der Waals surface area contributed by atoms with Crippen LogP contribution in [0.25, 0.3) is 0 Å². The van der Waals surface area contributed by atoms with Crippen molar-refractivity contribution in [1.29, 1.82) is 0 Å². The zero-order chi connectivity index (χ0) is 13.7. The quantitative estimate of drug-likeness (QED) is 0.804. The van der Waals surface area contributed by atoms with Crippen molar-refractivity contribution in [1.82, 2.24) is 0 Å². The van der Waals surface area contributed by atoms with E-state index in [1.54, 1.807) is 0 Å². The molecular formula is C16H20N2O. The highest BCUT2D eigenvalue weighted by atomic mass is 16.5. The molecule has 0 fully saturated rings. The van der Waals surface area contributed by atoms with E-state index >= 15 is 0 Å². The second-order valence-corrected chi connectivity index (χ2v) is 4.49. The van der Waals surface area contributed by atoms with Crippen molar-refractivity contribution in [2.45, 2.75) is 20.4 Å². The summed E-state index contributed by atoms with van der Waals surface area (Å²) in [6, 6.07) is 14.2. The van der Waals surface area contributed by atoms with Crippen LogP contribution in [0, 0.1) is 6.92 Å². The highest BCUT2D eigenvalue weighted by Crippen LogP contribution is 2.29. The van der Waals surface area contributed by atoms with Crippen molar-refractivity contribution in [3.8, 4) is 5.75 Å². The monoisotopic (exact) mass is 256 g/mol. The number of nitrogen functional groups attached to an aromatic ring is 1. The Hall–Kier alpha value is -2.16. The number of nitrogens with two attached hydrogens (primary N) is 1. The van der Waals surface area contributed by atoms with E-state index in [1.807, 2.05) is 25.1 Å². The number of benzene rings is 2. The summed E-state index contributed by atoms with van der Waals surface area (Å²) in [5.41, 5.74) is 10.1. The molecule has 0 aromatic heterocycles. The van der Waals surface area contributed by atoms with Crippen LogP contribution in [0.4, 0.5) is 11.4 Å².